The first-order valence-corrected chi connectivity index (χ1v) is 8.12. The maximum Gasteiger partial charge on any atom is 0.255 e. The molecule has 1 aliphatic heterocycles. The number of phenolic OH excluding ortho intramolecular Hbond substituents is 1. The quantitative estimate of drug-likeness (QED) is 0.857. The van der Waals surface area contributed by atoms with Gasteiger partial charge in [-0.3, -0.25) is 4.79 Å². The molecule has 110 valence electrons. The Morgan fingerprint density at radius 2 is 2.00 bits per heavy atom. The molecule has 0 spiro atoms. The summed E-state index contributed by atoms with van der Waals surface area (Å²) in [4.78, 5) is 12.0. The molecule has 0 radical (unpaired) electrons. The van der Waals surface area contributed by atoms with Crippen molar-refractivity contribution in [2.24, 2.45) is 0 Å². The first-order chi connectivity index (χ1) is 9.41. The van der Waals surface area contributed by atoms with Crippen molar-refractivity contribution in [2.45, 2.75) is 18.9 Å². The van der Waals surface area contributed by atoms with E-state index in [9.17, 15) is 18.3 Å². The number of phenols is 1. The first kappa shape index (κ1) is 14.6. The number of methoxy groups -OCH3 is 1. The summed E-state index contributed by atoms with van der Waals surface area (Å²) < 4.78 is 27.6. The van der Waals surface area contributed by atoms with Crippen molar-refractivity contribution in [3.05, 3.63) is 23.8 Å². The maximum absolute atomic E-state index is 12.0. The SMILES string of the molecule is COc1ccc(C(=O)NC2CCS(=O)(=O)CC2)c(O)c1. The van der Waals surface area contributed by atoms with Gasteiger partial charge in [0.05, 0.1) is 24.2 Å². The first-order valence-electron chi connectivity index (χ1n) is 6.29. The third kappa shape index (κ3) is 3.41. The fourth-order valence-electron chi connectivity index (χ4n) is 2.13. The van der Waals surface area contributed by atoms with E-state index in [-0.39, 0.29) is 28.9 Å². The molecule has 20 heavy (non-hydrogen) atoms. The Morgan fingerprint density at radius 3 is 2.55 bits per heavy atom. The minimum absolute atomic E-state index is 0.0898. The van der Waals surface area contributed by atoms with E-state index in [1.807, 2.05) is 0 Å². The average Bonchev–Trinajstić information content (AvgIpc) is 2.40. The van der Waals surface area contributed by atoms with Crippen molar-refractivity contribution < 1.29 is 23.1 Å². The molecule has 0 atom stereocenters. The van der Waals surface area contributed by atoms with Crippen LogP contribution < -0.4 is 10.1 Å². The molecule has 1 aromatic rings. The number of rotatable bonds is 3. The molecule has 2 N–H and O–H groups in total. The van der Waals surface area contributed by atoms with Crippen LogP contribution in [-0.4, -0.2) is 44.1 Å². The molecule has 1 amide bonds. The molecule has 0 aromatic heterocycles. The Balaban J connectivity index is 2.02. The molecule has 0 bridgehead atoms. The highest BCUT2D eigenvalue weighted by Crippen LogP contribution is 2.23. The molecular formula is C13H17NO5S. The number of amides is 1. The topological polar surface area (TPSA) is 92.7 Å². The molecule has 0 saturated carbocycles. The number of hydrogen-bond donors (Lipinski definition) is 2. The lowest BCUT2D eigenvalue weighted by molar-refractivity contribution is 0.0931. The van der Waals surface area contributed by atoms with Crippen LogP contribution in [0, 0.1) is 0 Å². The van der Waals surface area contributed by atoms with E-state index in [1.54, 1.807) is 6.07 Å². The van der Waals surface area contributed by atoms with Gasteiger partial charge in [0.2, 0.25) is 0 Å². The molecule has 0 unspecified atom stereocenters. The van der Waals surface area contributed by atoms with Crippen LogP contribution in [0.15, 0.2) is 18.2 Å². The Labute approximate surface area is 117 Å². The van der Waals surface area contributed by atoms with Crippen molar-refractivity contribution in [1.82, 2.24) is 5.32 Å². The normalized spacial score (nSPS) is 18.4. The zero-order valence-electron chi connectivity index (χ0n) is 11.1. The number of carbonyl (C=O) groups excluding carboxylic acids is 1. The second kappa shape index (κ2) is 5.70. The highest BCUT2D eigenvalue weighted by molar-refractivity contribution is 7.91. The summed E-state index contributed by atoms with van der Waals surface area (Å²) >= 11 is 0. The Kier molecular flexibility index (Phi) is 4.17. The zero-order valence-corrected chi connectivity index (χ0v) is 11.9. The van der Waals surface area contributed by atoms with Gasteiger partial charge in [-0.25, -0.2) is 8.42 Å². The van der Waals surface area contributed by atoms with Crippen LogP contribution in [0.3, 0.4) is 0 Å². The number of hydrogen-bond acceptors (Lipinski definition) is 5. The van der Waals surface area contributed by atoms with Crippen molar-refractivity contribution >= 4 is 15.7 Å². The van der Waals surface area contributed by atoms with E-state index in [0.29, 0.717) is 18.6 Å². The van der Waals surface area contributed by atoms with Gasteiger partial charge in [-0.05, 0) is 25.0 Å². The van der Waals surface area contributed by atoms with Gasteiger partial charge in [-0.2, -0.15) is 0 Å². The smallest absolute Gasteiger partial charge is 0.255 e. The fraction of sp³-hybridized carbons (Fsp3) is 0.462. The van der Waals surface area contributed by atoms with E-state index in [4.69, 9.17) is 4.74 Å². The Morgan fingerprint density at radius 1 is 1.35 bits per heavy atom. The standard InChI is InChI=1S/C13H17NO5S/c1-19-10-2-3-11(12(15)8-10)13(16)14-9-4-6-20(17,18)7-5-9/h2-3,8-9,15H,4-7H2,1H3,(H,14,16). The summed E-state index contributed by atoms with van der Waals surface area (Å²) in [5.41, 5.74) is 0.152. The lowest BCUT2D eigenvalue weighted by Crippen LogP contribution is -2.40. The van der Waals surface area contributed by atoms with E-state index in [2.05, 4.69) is 5.32 Å². The third-order valence-electron chi connectivity index (χ3n) is 3.34. The second-order valence-corrected chi connectivity index (χ2v) is 7.09. The van der Waals surface area contributed by atoms with Gasteiger partial charge < -0.3 is 15.2 Å². The van der Waals surface area contributed by atoms with Gasteiger partial charge in [-0.1, -0.05) is 0 Å². The van der Waals surface area contributed by atoms with E-state index in [0.717, 1.165) is 0 Å². The minimum atomic E-state index is -2.95. The second-order valence-electron chi connectivity index (χ2n) is 4.78. The predicted molar refractivity (Wildman–Crippen MR) is 73.8 cm³/mol. The van der Waals surface area contributed by atoms with Crippen molar-refractivity contribution in [3.8, 4) is 11.5 Å². The Hall–Kier alpha value is -1.76. The van der Waals surface area contributed by atoms with Gasteiger partial charge in [0.25, 0.3) is 5.91 Å². The molecule has 1 fully saturated rings. The zero-order chi connectivity index (χ0) is 14.8. The van der Waals surface area contributed by atoms with Gasteiger partial charge >= 0.3 is 0 Å². The van der Waals surface area contributed by atoms with Gasteiger partial charge in [0.15, 0.2) is 0 Å². The number of carbonyl (C=O) groups is 1. The lowest BCUT2D eigenvalue weighted by atomic mass is 10.1. The fourth-order valence-corrected chi connectivity index (χ4v) is 3.62. The summed E-state index contributed by atoms with van der Waals surface area (Å²) in [5.74, 6) is 0.0709. The molecule has 0 aliphatic carbocycles. The van der Waals surface area contributed by atoms with Gasteiger partial charge in [0, 0.05) is 12.1 Å². The van der Waals surface area contributed by atoms with E-state index >= 15 is 0 Å². The lowest BCUT2D eigenvalue weighted by Gasteiger charge is -2.23. The number of aromatic hydroxyl groups is 1. The molecule has 1 heterocycles. The average molecular weight is 299 g/mol. The summed E-state index contributed by atoms with van der Waals surface area (Å²) in [7, 11) is -1.48. The monoisotopic (exact) mass is 299 g/mol. The van der Waals surface area contributed by atoms with Crippen LogP contribution in [0.2, 0.25) is 0 Å². The van der Waals surface area contributed by atoms with Crippen LogP contribution in [0.25, 0.3) is 0 Å². The summed E-state index contributed by atoms with van der Waals surface area (Å²) in [6.07, 6.45) is 0.815. The van der Waals surface area contributed by atoms with Crippen LogP contribution in [0.5, 0.6) is 11.5 Å². The highest BCUT2D eigenvalue weighted by atomic mass is 32.2. The number of sulfone groups is 1. The minimum Gasteiger partial charge on any atom is -0.507 e. The summed E-state index contributed by atoms with van der Waals surface area (Å²) in [5, 5.41) is 12.5. The van der Waals surface area contributed by atoms with Crippen LogP contribution in [-0.2, 0) is 9.84 Å². The van der Waals surface area contributed by atoms with Crippen molar-refractivity contribution in [1.29, 1.82) is 0 Å². The molecule has 6 nitrogen and oxygen atoms in total. The van der Waals surface area contributed by atoms with Crippen LogP contribution in [0.4, 0.5) is 0 Å². The number of nitrogens with one attached hydrogen (secondary N) is 1. The molecule has 7 heteroatoms. The summed E-state index contributed by atoms with van der Waals surface area (Å²) in [6.45, 7) is 0. The molecule has 1 aliphatic rings. The van der Waals surface area contributed by atoms with Crippen molar-refractivity contribution in [2.75, 3.05) is 18.6 Å². The largest absolute Gasteiger partial charge is 0.507 e. The molecular weight excluding hydrogens is 282 g/mol. The van der Waals surface area contributed by atoms with Crippen LogP contribution in [0.1, 0.15) is 23.2 Å². The number of ether oxygens (including phenoxy) is 1. The Bertz CT molecular complexity index is 597. The van der Waals surface area contributed by atoms with Crippen LogP contribution >= 0.6 is 0 Å². The van der Waals surface area contributed by atoms with Gasteiger partial charge in [-0.15, -0.1) is 0 Å². The molecule has 1 aromatic carbocycles. The van der Waals surface area contributed by atoms with E-state index in [1.165, 1.54) is 19.2 Å². The van der Waals surface area contributed by atoms with Gasteiger partial charge in [0.1, 0.15) is 21.3 Å². The van der Waals surface area contributed by atoms with E-state index < -0.39 is 15.7 Å². The predicted octanol–water partition coefficient (Wildman–Crippen LogP) is 0.708. The number of benzene rings is 1. The van der Waals surface area contributed by atoms with Crippen molar-refractivity contribution in [3.63, 3.8) is 0 Å². The third-order valence-corrected chi connectivity index (χ3v) is 5.05. The maximum atomic E-state index is 12.0. The summed E-state index contributed by atoms with van der Waals surface area (Å²) in [6, 6.07) is 4.25. The molecule has 1 saturated heterocycles. The molecule has 2 rings (SSSR count). The highest BCUT2D eigenvalue weighted by Gasteiger charge is 2.25.